The molecule has 1 heterocycles. The first kappa shape index (κ1) is 14.5. The molecule has 20 heavy (non-hydrogen) atoms. The standard InChI is InChI=1S/C17H21NO2/c1-11(2)16-6-5-15(9-12(16)3)20-17-10-14(13(4)19)7-8-18-17/h5-11,13,19H,1-4H3/t13-/m1/s1. The topological polar surface area (TPSA) is 42.4 Å². The molecule has 1 N–H and O–H groups in total. The minimum absolute atomic E-state index is 0.500. The maximum atomic E-state index is 9.57. The van der Waals surface area contributed by atoms with E-state index in [1.54, 1.807) is 25.3 Å². The van der Waals surface area contributed by atoms with Gasteiger partial charge in [-0.05, 0) is 54.7 Å². The molecule has 2 aromatic rings. The van der Waals surface area contributed by atoms with E-state index < -0.39 is 6.10 Å². The van der Waals surface area contributed by atoms with Gasteiger partial charge in [-0.1, -0.05) is 19.9 Å². The second kappa shape index (κ2) is 6.06. The van der Waals surface area contributed by atoms with Crippen LogP contribution in [-0.4, -0.2) is 10.1 Å². The van der Waals surface area contributed by atoms with Gasteiger partial charge in [0.25, 0.3) is 0 Å². The third kappa shape index (κ3) is 3.36. The summed E-state index contributed by atoms with van der Waals surface area (Å²) in [6, 6.07) is 9.61. The molecular formula is C17H21NO2. The van der Waals surface area contributed by atoms with E-state index in [0.717, 1.165) is 11.3 Å². The first-order valence-corrected chi connectivity index (χ1v) is 6.90. The quantitative estimate of drug-likeness (QED) is 0.898. The lowest BCUT2D eigenvalue weighted by Crippen LogP contribution is -1.96. The van der Waals surface area contributed by atoms with Gasteiger partial charge in [0.15, 0.2) is 0 Å². The molecule has 0 unspecified atom stereocenters. The molecule has 2 rings (SSSR count). The second-order valence-electron chi connectivity index (χ2n) is 5.38. The van der Waals surface area contributed by atoms with Crippen LogP contribution in [0.4, 0.5) is 0 Å². The highest BCUT2D eigenvalue weighted by atomic mass is 16.5. The normalized spacial score (nSPS) is 12.5. The van der Waals surface area contributed by atoms with Crippen molar-refractivity contribution >= 4 is 0 Å². The molecule has 0 spiro atoms. The smallest absolute Gasteiger partial charge is 0.219 e. The summed E-state index contributed by atoms with van der Waals surface area (Å²) in [5.41, 5.74) is 3.33. The van der Waals surface area contributed by atoms with Gasteiger partial charge in [-0.25, -0.2) is 4.98 Å². The summed E-state index contributed by atoms with van der Waals surface area (Å²) >= 11 is 0. The molecule has 3 heteroatoms. The lowest BCUT2D eigenvalue weighted by molar-refractivity contribution is 0.198. The lowest BCUT2D eigenvalue weighted by Gasteiger charge is -2.12. The van der Waals surface area contributed by atoms with E-state index in [9.17, 15) is 5.11 Å². The number of hydrogen-bond donors (Lipinski definition) is 1. The number of hydrogen-bond acceptors (Lipinski definition) is 3. The van der Waals surface area contributed by atoms with Crippen molar-refractivity contribution in [2.75, 3.05) is 0 Å². The summed E-state index contributed by atoms with van der Waals surface area (Å²) in [5, 5.41) is 9.57. The van der Waals surface area contributed by atoms with Gasteiger partial charge in [0.2, 0.25) is 5.88 Å². The number of aromatic nitrogens is 1. The summed E-state index contributed by atoms with van der Waals surface area (Å²) in [4.78, 5) is 4.17. The molecule has 1 aromatic heterocycles. The van der Waals surface area contributed by atoms with Gasteiger partial charge in [0.1, 0.15) is 5.75 Å². The monoisotopic (exact) mass is 271 g/mol. The Bertz CT molecular complexity index is 591. The average molecular weight is 271 g/mol. The number of pyridine rings is 1. The lowest BCUT2D eigenvalue weighted by atomic mass is 9.98. The number of aryl methyl sites for hydroxylation is 1. The Morgan fingerprint density at radius 1 is 1.10 bits per heavy atom. The number of rotatable bonds is 4. The molecular weight excluding hydrogens is 250 g/mol. The highest BCUT2D eigenvalue weighted by Crippen LogP contribution is 2.27. The van der Waals surface area contributed by atoms with E-state index in [2.05, 4.69) is 31.8 Å². The first-order valence-electron chi connectivity index (χ1n) is 6.90. The van der Waals surface area contributed by atoms with Crippen LogP contribution in [0.5, 0.6) is 11.6 Å². The van der Waals surface area contributed by atoms with Gasteiger partial charge in [-0.15, -0.1) is 0 Å². The zero-order valence-corrected chi connectivity index (χ0v) is 12.4. The molecule has 0 aliphatic heterocycles. The van der Waals surface area contributed by atoms with E-state index >= 15 is 0 Å². The van der Waals surface area contributed by atoms with Crippen LogP contribution in [0.25, 0.3) is 0 Å². The third-order valence-corrected chi connectivity index (χ3v) is 3.33. The summed E-state index contributed by atoms with van der Waals surface area (Å²) < 4.78 is 5.76. The van der Waals surface area contributed by atoms with Crippen molar-refractivity contribution in [2.45, 2.75) is 39.7 Å². The molecule has 0 saturated heterocycles. The molecule has 0 radical (unpaired) electrons. The number of aliphatic hydroxyl groups is 1. The summed E-state index contributed by atoms with van der Waals surface area (Å²) in [6.07, 6.45) is 1.12. The molecule has 1 aromatic carbocycles. The predicted molar refractivity (Wildman–Crippen MR) is 80.2 cm³/mol. The fourth-order valence-electron chi connectivity index (χ4n) is 2.22. The van der Waals surface area contributed by atoms with Crippen LogP contribution in [0.1, 0.15) is 49.5 Å². The maximum absolute atomic E-state index is 9.57. The summed E-state index contributed by atoms with van der Waals surface area (Å²) in [5.74, 6) is 1.77. The highest BCUT2D eigenvalue weighted by Gasteiger charge is 2.07. The van der Waals surface area contributed by atoms with Crippen LogP contribution in [0.2, 0.25) is 0 Å². The van der Waals surface area contributed by atoms with E-state index in [4.69, 9.17) is 4.74 Å². The third-order valence-electron chi connectivity index (χ3n) is 3.33. The van der Waals surface area contributed by atoms with Crippen molar-refractivity contribution in [1.82, 2.24) is 4.98 Å². The van der Waals surface area contributed by atoms with Crippen molar-refractivity contribution in [3.63, 3.8) is 0 Å². The van der Waals surface area contributed by atoms with Gasteiger partial charge >= 0.3 is 0 Å². The van der Waals surface area contributed by atoms with Gasteiger partial charge in [-0.3, -0.25) is 0 Å². The van der Waals surface area contributed by atoms with Crippen LogP contribution >= 0.6 is 0 Å². The Kier molecular flexibility index (Phi) is 4.40. The Morgan fingerprint density at radius 2 is 1.85 bits per heavy atom. The van der Waals surface area contributed by atoms with Crippen molar-refractivity contribution in [2.24, 2.45) is 0 Å². The number of ether oxygens (including phenoxy) is 1. The fraction of sp³-hybridized carbons (Fsp3) is 0.353. The Balaban J connectivity index is 2.22. The number of nitrogens with zero attached hydrogens (tertiary/aromatic N) is 1. The molecule has 0 fully saturated rings. The number of benzene rings is 1. The molecule has 0 amide bonds. The predicted octanol–water partition coefficient (Wildman–Crippen LogP) is 4.36. The largest absolute Gasteiger partial charge is 0.439 e. The fourth-order valence-corrected chi connectivity index (χ4v) is 2.22. The summed E-state index contributed by atoms with van der Waals surface area (Å²) in [6.45, 7) is 8.16. The first-order chi connectivity index (χ1) is 9.47. The van der Waals surface area contributed by atoms with Crippen molar-refractivity contribution in [3.05, 3.63) is 53.2 Å². The molecule has 106 valence electrons. The van der Waals surface area contributed by atoms with E-state index in [0.29, 0.717) is 11.8 Å². The minimum atomic E-state index is -0.523. The maximum Gasteiger partial charge on any atom is 0.219 e. The molecule has 3 nitrogen and oxygen atoms in total. The van der Waals surface area contributed by atoms with E-state index in [-0.39, 0.29) is 0 Å². The second-order valence-corrected chi connectivity index (χ2v) is 5.38. The Hall–Kier alpha value is -1.87. The van der Waals surface area contributed by atoms with Crippen molar-refractivity contribution in [3.8, 4) is 11.6 Å². The van der Waals surface area contributed by atoms with Gasteiger partial charge < -0.3 is 9.84 Å². The van der Waals surface area contributed by atoms with Crippen LogP contribution in [0.3, 0.4) is 0 Å². The van der Waals surface area contributed by atoms with Gasteiger partial charge in [0.05, 0.1) is 6.10 Å². The van der Waals surface area contributed by atoms with Crippen molar-refractivity contribution in [1.29, 1.82) is 0 Å². The molecule has 0 aliphatic rings. The minimum Gasteiger partial charge on any atom is -0.439 e. The molecule has 0 bridgehead atoms. The SMILES string of the molecule is Cc1cc(Oc2cc([C@@H](C)O)ccn2)ccc1C(C)C. The van der Waals surface area contributed by atoms with Gasteiger partial charge in [-0.2, -0.15) is 0 Å². The summed E-state index contributed by atoms with van der Waals surface area (Å²) in [7, 11) is 0. The molecule has 1 atom stereocenters. The van der Waals surface area contributed by atoms with Gasteiger partial charge in [0, 0.05) is 12.3 Å². The van der Waals surface area contributed by atoms with Crippen LogP contribution in [0, 0.1) is 6.92 Å². The Morgan fingerprint density at radius 3 is 2.45 bits per heavy atom. The zero-order valence-electron chi connectivity index (χ0n) is 12.4. The van der Waals surface area contributed by atoms with Crippen molar-refractivity contribution < 1.29 is 9.84 Å². The van der Waals surface area contributed by atoms with Crippen LogP contribution in [-0.2, 0) is 0 Å². The highest BCUT2D eigenvalue weighted by molar-refractivity contribution is 5.38. The van der Waals surface area contributed by atoms with Crippen LogP contribution in [0.15, 0.2) is 36.5 Å². The van der Waals surface area contributed by atoms with E-state index in [1.165, 1.54) is 11.1 Å². The number of aliphatic hydroxyl groups excluding tert-OH is 1. The molecule has 0 saturated carbocycles. The van der Waals surface area contributed by atoms with Crippen LogP contribution < -0.4 is 4.74 Å². The van der Waals surface area contributed by atoms with E-state index in [1.807, 2.05) is 12.1 Å². The Labute approximate surface area is 120 Å². The zero-order chi connectivity index (χ0) is 14.7. The average Bonchev–Trinajstić information content (AvgIpc) is 2.38. The molecule has 0 aliphatic carbocycles.